The quantitative estimate of drug-likeness (QED) is 0.593. The lowest BCUT2D eigenvalue weighted by Gasteiger charge is -2.04. The molecular weight excluding hydrogens is 182 g/mol. The molecule has 0 atom stereocenters. The second-order valence-electron chi connectivity index (χ2n) is 2.78. The molecule has 1 rings (SSSR count). The summed E-state index contributed by atoms with van der Waals surface area (Å²) in [6.45, 7) is 3.82. The van der Waals surface area contributed by atoms with Crippen molar-refractivity contribution in [2.24, 2.45) is 5.73 Å². The zero-order chi connectivity index (χ0) is 10.1. The van der Waals surface area contributed by atoms with Crippen molar-refractivity contribution in [1.29, 1.82) is 0 Å². The van der Waals surface area contributed by atoms with Gasteiger partial charge in [-0.2, -0.15) is 5.10 Å². The Morgan fingerprint density at radius 2 is 1.93 bits per heavy atom. The summed E-state index contributed by atoms with van der Waals surface area (Å²) >= 11 is 0. The van der Waals surface area contributed by atoms with Gasteiger partial charge in [-0.05, 0) is 6.07 Å². The maximum Gasteiger partial charge on any atom is 0.0701 e. The molecule has 0 spiro atoms. The zero-order valence-electron chi connectivity index (χ0n) is 8.26. The zero-order valence-corrected chi connectivity index (χ0v) is 8.26. The van der Waals surface area contributed by atoms with Gasteiger partial charge in [-0.25, -0.2) is 0 Å². The second-order valence-corrected chi connectivity index (χ2v) is 2.78. The van der Waals surface area contributed by atoms with Crippen LogP contribution >= 0.6 is 0 Å². The molecule has 0 fully saturated rings. The molecule has 2 N–H and O–H groups in total. The van der Waals surface area contributed by atoms with E-state index in [0.717, 1.165) is 6.54 Å². The Morgan fingerprint density at radius 1 is 1.14 bits per heavy atom. The lowest BCUT2D eigenvalue weighted by atomic mass is 10.6. The number of nitrogens with zero attached hydrogens (tertiary/aromatic N) is 2. The molecule has 5 nitrogen and oxygen atoms in total. The lowest BCUT2D eigenvalue weighted by Crippen LogP contribution is -2.13. The molecule has 1 aromatic heterocycles. The van der Waals surface area contributed by atoms with Crippen molar-refractivity contribution in [2.75, 3.05) is 33.0 Å². The Kier molecular flexibility index (Phi) is 5.97. The Bertz CT molecular complexity index is 214. The maximum absolute atomic E-state index is 5.33. The van der Waals surface area contributed by atoms with E-state index in [1.54, 1.807) is 6.20 Å². The van der Waals surface area contributed by atoms with E-state index in [-0.39, 0.29) is 0 Å². The van der Waals surface area contributed by atoms with Crippen LogP contribution in [-0.4, -0.2) is 42.8 Å². The number of hydrogen-bond acceptors (Lipinski definition) is 4. The van der Waals surface area contributed by atoms with Crippen LogP contribution in [0.15, 0.2) is 18.5 Å². The van der Waals surface area contributed by atoms with Crippen molar-refractivity contribution >= 4 is 0 Å². The van der Waals surface area contributed by atoms with Crippen molar-refractivity contribution in [1.82, 2.24) is 9.78 Å². The highest BCUT2D eigenvalue weighted by Crippen LogP contribution is 1.85. The number of rotatable bonds is 8. The predicted molar refractivity (Wildman–Crippen MR) is 52.9 cm³/mol. The smallest absolute Gasteiger partial charge is 0.0701 e. The van der Waals surface area contributed by atoms with Crippen molar-refractivity contribution in [2.45, 2.75) is 6.54 Å². The summed E-state index contributed by atoms with van der Waals surface area (Å²) in [7, 11) is 0. The second kappa shape index (κ2) is 7.49. The molecule has 0 saturated carbocycles. The van der Waals surface area contributed by atoms with Crippen LogP contribution in [0.2, 0.25) is 0 Å². The van der Waals surface area contributed by atoms with E-state index in [1.807, 2.05) is 16.9 Å². The summed E-state index contributed by atoms with van der Waals surface area (Å²) < 4.78 is 12.3. The molecule has 0 amide bonds. The Labute approximate surface area is 83.8 Å². The van der Waals surface area contributed by atoms with E-state index >= 15 is 0 Å². The van der Waals surface area contributed by atoms with Crippen LogP contribution in [0.25, 0.3) is 0 Å². The largest absolute Gasteiger partial charge is 0.378 e. The van der Waals surface area contributed by atoms with Gasteiger partial charge in [-0.1, -0.05) is 0 Å². The number of ether oxygens (including phenoxy) is 2. The first kappa shape index (κ1) is 11.2. The molecule has 0 unspecified atom stereocenters. The number of nitrogens with two attached hydrogens (primary N) is 1. The van der Waals surface area contributed by atoms with Crippen LogP contribution in [0.5, 0.6) is 0 Å². The lowest BCUT2D eigenvalue weighted by molar-refractivity contribution is 0.0468. The van der Waals surface area contributed by atoms with Gasteiger partial charge in [0.25, 0.3) is 0 Å². The normalized spacial score (nSPS) is 10.6. The van der Waals surface area contributed by atoms with Gasteiger partial charge >= 0.3 is 0 Å². The molecule has 1 heterocycles. The van der Waals surface area contributed by atoms with E-state index in [0.29, 0.717) is 33.0 Å². The minimum absolute atomic E-state index is 0.563. The van der Waals surface area contributed by atoms with Gasteiger partial charge in [-0.3, -0.25) is 4.68 Å². The Hall–Kier alpha value is -0.910. The van der Waals surface area contributed by atoms with Crippen molar-refractivity contribution in [3.8, 4) is 0 Å². The van der Waals surface area contributed by atoms with E-state index < -0.39 is 0 Å². The minimum atomic E-state index is 0.563. The fourth-order valence-corrected chi connectivity index (χ4v) is 0.996. The van der Waals surface area contributed by atoms with Gasteiger partial charge < -0.3 is 15.2 Å². The third-order valence-corrected chi connectivity index (χ3v) is 1.66. The van der Waals surface area contributed by atoms with Gasteiger partial charge in [0.15, 0.2) is 0 Å². The number of aromatic nitrogens is 2. The average molecular weight is 199 g/mol. The summed E-state index contributed by atoms with van der Waals surface area (Å²) in [6.07, 6.45) is 3.67. The molecular formula is C9H17N3O2. The fourth-order valence-electron chi connectivity index (χ4n) is 0.996. The molecule has 14 heavy (non-hydrogen) atoms. The molecule has 0 bridgehead atoms. The molecule has 0 aliphatic rings. The predicted octanol–water partition coefficient (Wildman–Crippen LogP) is -0.125. The Balaban J connectivity index is 1.85. The third-order valence-electron chi connectivity index (χ3n) is 1.66. The summed E-state index contributed by atoms with van der Waals surface area (Å²) in [5.41, 5.74) is 5.26. The van der Waals surface area contributed by atoms with Crippen LogP contribution in [0.1, 0.15) is 0 Å². The molecule has 80 valence electrons. The molecule has 5 heteroatoms. The highest BCUT2D eigenvalue weighted by atomic mass is 16.5. The minimum Gasteiger partial charge on any atom is -0.378 e. The highest BCUT2D eigenvalue weighted by Gasteiger charge is 1.91. The third kappa shape index (κ3) is 4.96. The van der Waals surface area contributed by atoms with Crippen LogP contribution in [0.4, 0.5) is 0 Å². The fraction of sp³-hybridized carbons (Fsp3) is 0.667. The molecule has 0 radical (unpaired) electrons. The van der Waals surface area contributed by atoms with E-state index in [9.17, 15) is 0 Å². The topological polar surface area (TPSA) is 62.3 Å². The van der Waals surface area contributed by atoms with Crippen LogP contribution in [-0.2, 0) is 16.0 Å². The van der Waals surface area contributed by atoms with E-state index in [2.05, 4.69) is 5.10 Å². The summed E-state index contributed by atoms with van der Waals surface area (Å²) in [5.74, 6) is 0. The van der Waals surface area contributed by atoms with Crippen molar-refractivity contribution < 1.29 is 9.47 Å². The highest BCUT2D eigenvalue weighted by molar-refractivity contribution is 4.77. The van der Waals surface area contributed by atoms with Crippen LogP contribution in [0, 0.1) is 0 Å². The first-order chi connectivity index (χ1) is 6.93. The summed E-state index contributed by atoms with van der Waals surface area (Å²) in [5, 5.41) is 4.05. The van der Waals surface area contributed by atoms with Gasteiger partial charge in [-0.15, -0.1) is 0 Å². The van der Waals surface area contributed by atoms with E-state index in [4.69, 9.17) is 15.2 Å². The molecule has 0 aliphatic heterocycles. The summed E-state index contributed by atoms with van der Waals surface area (Å²) in [6, 6.07) is 1.89. The molecule has 1 aromatic rings. The van der Waals surface area contributed by atoms with Crippen molar-refractivity contribution in [3.05, 3.63) is 18.5 Å². The van der Waals surface area contributed by atoms with Crippen molar-refractivity contribution in [3.63, 3.8) is 0 Å². The first-order valence-corrected chi connectivity index (χ1v) is 4.76. The molecule has 0 aliphatic carbocycles. The average Bonchev–Trinajstić information content (AvgIpc) is 2.69. The first-order valence-electron chi connectivity index (χ1n) is 4.76. The van der Waals surface area contributed by atoms with E-state index in [1.165, 1.54) is 0 Å². The maximum atomic E-state index is 5.33. The van der Waals surface area contributed by atoms with Crippen LogP contribution < -0.4 is 5.73 Å². The SMILES string of the molecule is NCCOCCOCCn1cccn1. The number of hydrogen-bond donors (Lipinski definition) is 1. The Morgan fingerprint density at radius 3 is 2.57 bits per heavy atom. The van der Waals surface area contributed by atoms with Gasteiger partial charge in [0.1, 0.15) is 0 Å². The van der Waals surface area contributed by atoms with Gasteiger partial charge in [0, 0.05) is 18.9 Å². The van der Waals surface area contributed by atoms with Gasteiger partial charge in [0.05, 0.1) is 33.0 Å². The standard InChI is InChI=1S/C9H17N3O2/c10-2-6-13-8-9-14-7-5-12-4-1-3-11-12/h1,3-4H,2,5-10H2. The molecule has 0 aromatic carbocycles. The van der Waals surface area contributed by atoms with Gasteiger partial charge in [0.2, 0.25) is 0 Å². The summed E-state index contributed by atoms with van der Waals surface area (Å²) in [4.78, 5) is 0. The monoisotopic (exact) mass is 199 g/mol. The molecule has 0 saturated heterocycles. The van der Waals surface area contributed by atoms with Crippen LogP contribution in [0.3, 0.4) is 0 Å².